The number of carbonyl (C=O) groups excluding carboxylic acids is 1. The molecule has 8 nitrogen and oxygen atoms in total. The van der Waals surface area contributed by atoms with Crippen molar-refractivity contribution in [3.8, 4) is 17.1 Å². The lowest BCUT2D eigenvalue weighted by atomic mass is 9.94. The molecule has 0 aliphatic carbocycles. The number of urea groups is 1. The first-order chi connectivity index (χ1) is 16.5. The number of benzene rings is 2. The van der Waals surface area contributed by atoms with E-state index in [1.807, 2.05) is 50.2 Å². The van der Waals surface area contributed by atoms with Crippen LogP contribution in [-0.4, -0.2) is 47.9 Å². The van der Waals surface area contributed by atoms with Gasteiger partial charge < -0.3 is 19.3 Å². The number of ether oxygens (including phenoxy) is 2. The van der Waals surface area contributed by atoms with Crippen LogP contribution in [0.5, 0.6) is 5.75 Å². The highest BCUT2D eigenvalue weighted by atomic mass is 35.5. The number of hydrogen-bond donors (Lipinski definition) is 1. The minimum atomic E-state index is -0.458. The zero-order valence-electron chi connectivity index (χ0n) is 19.4. The van der Waals surface area contributed by atoms with Crippen LogP contribution in [0.15, 0.2) is 58.8 Å². The molecule has 0 bridgehead atoms. The van der Waals surface area contributed by atoms with E-state index in [4.69, 9.17) is 25.6 Å². The van der Waals surface area contributed by atoms with Gasteiger partial charge in [0, 0.05) is 36.5 Å². The maximum atomic E-state index is 13.0. The number of rotatable bonds is 9. The summed E-state index contributed by atoms with van der Waals surface area (Å²) in [6, 6.07) is 14.2. The first-order valence-electron chi connectivity index (χ1n) is 11.1. The second kappa shape index (κ2) is 10.7. The summed E-state index contributed by atoms with van der Waals surface area (Å²) in [5.41, 5.74) is 3.17. The predicted molar refractivity (Wildman–Crippen MR) is 129 cm³/mol. The van der Waals surface area contributed by atoms with Crippen LogP contribution in [0, 0.1) is 0 Å². The van der Waals surface area contributed by atoms with E-state index < -0.39 is 6.04 Å². The maximum absolute atomic E-state index is 13.0. The molecule has 1 unspecified atom stereocenters. The van der Waals surface area contributed by atoms with Crippen molar-refractivity contribution < 1.29 is 18.8 Å². The highest BCUT2D eigenvalue weighted by Crippen LogP contribution is 2.38. The summed E-state index contributed by atoms with van der Waals surface area (Å²) in [7, 11) is 1.64. The first-order valence-corrected chi connectivity index (χ1v) is 11.5. The molecule has 1 N–H and O–H groups in total. The molecule has 9 heteroatoms. The number of allylic oxidation sites excluding steroid dienone is 1. The molecule has 2 heterocycles. The molecule has 0 saturated heterocycles. The Morgan fingerprint density at radius 3 is 2.56 bits per heavy atom. The van der Waals surface area contributed by atoms with Gasteiger partial charge >= 0.3 is 6.03 Å². The fourth-order valence-electron chi connectivity index (χ4n) is 3.92. The Morgan fingerprint density at radius 2 is 1.88 bits per heavy atom. The van der Waals surface area contributed by atoms with E-state index in [-0.39, 0.29) is 6.03 Å². The summed E-state index contributed by atoms with van der Waals surface area (Å²) in [6.07, 6.45) is 0.697. The Labute approximate surface area is 203 Å². The molecule has 0 radical (unpaired) electrons. The van der Waals surface area contributed by atoms with Crippen LogP contribution in [0.4, 0.5) is 4.79 Å². The second-order valence-corrected chi connectivity index (χ2v) is 8.25. The van der Waals surface area contributed by atoms with Crippen molar-refractivity contribution in [3.05, 3.63) is 70.7 Å². The molecule has 0 fully saturated rings. The molecule has 34 heavy (non-hydrogen) atoms. The lowest BCUT2D eigenvalue weighted by Gasteiger charge is -2.35. The molecule has 0 spiro atoms. The topological polar surface area (TPSA) is 89.7 Å². The van der Waals surface area contributed by atoms with E-state index in [0.717, 1.165) is 28.1 Å². The van der Waals surface area contributed by atoms with Crippen molar-refractivity contribution in [3.63, 3.8) is 0 Å². The minimum absolute atomic E-state index is 0.186. The largest absolute Gasteiger partial charge is 0.494 e. The summed E-state index contributed by atoms with van der Waals surface area (Å²) in [4.78, 5) is 19.4. The molecule has 178 valence electrons. The van der Waals surface area contributed by atoms with Gasteiger partial charge in [0.25, 0.3) is 5.89 Å². The molecule has 2 aromatic carbocycles. The molecule has 4 rings (SSSR count). The Kier molecular flexibility index (Phi) is 7.49. The summed E-state index contributed by atoms with van der Waals surface area (Å²) < 4.78 is 16.4. The minimum Gasteiger partial charge on any atom is -0.494 e. The van der Waals surface area contributed by atoms with E-state index in [1.54, 1.807) is 24.1 Å². The summed E-state index contributed by atoms with van der Waals surface area (Å²) in [5.74, 6) is 1.55. The zero-order chi connectivity index (χ0) is 24.1. The van der Waals surface area contributed by atoms with E-state index >= 15 is 0 Å². The van der Waals surface area contributed by atoms with Crippen molar-refractivity contribution in [1.29, 1.82) is 0 Å². The van der Waals surface area contributed by atoms with E-state index in [1.165, 1.54) is 0 Å². The van der Waals surface area contributed by atoms with Gasteiger partial charge in [-0.25, -0.2) is 4.79 Å². The standard InChI is InChI=1S/C25H27ClN4O4/c1-4-33-20-12-8-17(9-13-20)22-21(16(2)30(25(31)27-22)14-5-15-32-3)24-28-23(29-34-24)18-6-10-19(26)11-7-18/h6-13,22H,4-5,14-15H2,1-3H3,(H,27,31). The number of nitrogens with one attached hydrogen (secondary N) is 1. The molecule has 1 aliphatic heterocycles. The number of hydrogen-bond acceptors (Lipinski definition) is 6. The van der Waals surface area contributed by atoms with E-state index in [9.17, 15) is 4.79 Å². The van der Waals surface area contributed by atoms with Crippen LogP contribution in [-0.2, 0) is 4.74 Å². The van der Waals surface area contributed by atoms with E-state index in [2.05, 4.69) is 15.5 Å². The molecule has 0 saturated carbocycles. The third-order valence-corrected chi connectivity index (χ3v) is 5.86. The molecule has 3 aromatic rings. The number of methoxy groups -OCH3 is 1. The smallest absolute Gasteiger partial charge is 0.322 e. The van der Waals surface area contributed by atoms with Crippen molar-refractivity contribution in [2.75, 3.05) is 26.9 Å². The number of aromatic nitrogens is 2. The normalized spacial score (nSPS) is 16.1. The van der Waals surface area contributed by atoms with E-state index in [0.29, 0.717) is 42.9 Å². The molecule has 1 atom stereocenters. The number of carbonyl (C=O) groups is 1. The number of halogens is 1. The fraction of sp³-hybridized carbons (Fsp3) is 0.320. The van der Waals surface area contributed by atoms with Crippen LogP contribution < -0.4 is 10.1 Å². The van der Waals surface area contributed by atoms with Crippen LogP contribution in [0.3, 0.4) is 0 Å². The first kappa shape index (κ1) is 23.8. The highest BCUT2D eigenvalue weighted by Gasteiger charge is 2.35. The van der Waals surface area contributed by atoms with Gasteiger partial charge in [-0.05, 0) is 62.2 Å². The molecular formula is C25H27ClN4O4. The Hall–Kier alpha value is -3.36. The SMILES string of the molecule is CCOc1ccc(C2NC(=O)N(CCCOC)C(C)=C2c2nc(-c3ccc(Cl)cc3)no2)cc1. The van der Waals surface area contributed by atoms with Gasteiger partial charge in [0.1, 0.15) is 5.75 Å². The summed E-state index contributed by atoms with van der Waals surface area (Å²) in [5, 5.41) is 7.90. The number of amides is 2. The highest BCUT2D eigenvalue weighted by molar-refractivity contribution is 6.30. The lowest BCUT2D eigenvalue weighted by molar-refractivity contribution is 0.174. The predicted octanol–water partition coefficient (Wildman–Crippen LogP) is 5.32. The van der Waals surface area contributed by atoms with Gasteiger partial charge in [0.2, 0.25) is 5.82 Å². The van der Waals surface area contributed by atoms with Crippen molar-refractivity contribution in [1.82, 2.24) is 20.4 Å². The van der Waals surface area contributed by atoms with Gasteiger partial charge in [-0.2, -0.15) is 4.98 Å². The van der Waals surface area contributed by atoms with Gasteiger partial charge in [-0.1, -0.05) is 28.9 Å². The average Bonchev–Trinajstić information content (AvgIpc) is 3.32. The Bertz CT molecular complexity index is 1160. The fourth-order valence-corrected chi connectivity index (χ4v) is 4.04. The van der Waals surface area contributed by atoms with Gasteiger partial charge in [-0.15, -0.1) is 0 Å². The van der Waals surface area contributed by atoms with Crippen LogP contribution in [0.25, 0.3) is 17.0 Å². The third kappa shape index (κ3) is 5.08. The molecule has 1 aromatic heterocycles. The monoisotopic (exact) mass is 482 g/mol. The van der Waals surface area contributed by atoms with Crippen LogP contribution >= 0.6 is 11.6 Å². The van der Waals surface area contributed by atoms with Gasteiger partial charge in [0.15, 0.2) is 0 Å². The third-order valence-electron chi connectivity index (χ3n) is 5.61. The average molecular weight is 483 g/mol. The Morgan fingerprint density at radius 1 is 1.15 bits per heavy atom. The number of nitrogens with zero attached hydrogens (tertiary/aromatic N) is 3. The second-order valence-electron chi connectivity index (χ2n) is 7.81. The zero-order valence-corrected chi connectivity index (χ0v) is 20.1. The maximum Gasteiger partial charge on any atom is 0.322 e. The quantitative estimate of drug-likeness (QED) is 0.415. The van der Waals surface area contributed by atoms with Gasteiger partial charge in [-0.3, -0.25) is 4.90 Å². The molecular weight excluding hydrogens is 456 g/mol. The summed E-state index contributed by atoms with van der Waals surface area (Å²) >= 11 is 6.01. The lowest BCUT2D eigenvalue weighted by Crippen LogP contribution is -2.46. The van der Waals surface area contributed by atoms with Crippen LogP contribution in [0.2, 0.25) is 5.02 Å². The molecule has 2 amide bonds. The van der Waals surface area contributed by atoms with Crippen LogP contribution in [0.1, 0.15) is 37.8 Å². The summed E-state index contributed by atoms with van der Waals surface area (Å²) in [6.45, 7) is 5.47. The van der Waals surface area contributed by atoms with Crippen molar-refractivity contribution >= 4 is 23.2 Å². The Balaban J connectivity index is 1.74. The van der Waals surface area contributed by atoms with Crippen molar-refractivity contribution in [2.24, 2.45) is 0 Å². The van der Waals surface area contributed by atoms with Crippen molar-refractivity contribution in [2.45, 2.75) is 26.3 Å². The molecule has 1 aliphatic rings. The van der Waals surface area contributed by atoms with Gasteiger partial charge in [0.05, 0.1) is 18.2 Å².